The molecule has 0 saturated heterocycles. The van der Waals surface area contributed by atoms with Gasteiger partial charge in [0.25, 0.3) is 5.91 Å². The highest BCUT2D eigenvalue weighted by atomic mass is 16.2. The molecule has 0 aliphatic heterocycles. The summed E-state index contributed by atoms with van der Waals surface area (Å²) in [6.45, 7) is 5.16. The minimum atomic E-state index is 0.0947. The second-order valence-corrected chi connectivity index (χ2v) is 5.74. The molecule has 1 aromatic heterocycles. The van der Waals surface area contributed by atoms with E-state index in [1.807, 2.05) is 12.1 Å². The molecule has 1 amide bonds. The SMILES string of the molecule is CCCCn1c(C(=O)NC2CC2)c(C)c2ccccc21. The van der Waals surface area contributed by atoms with E-state index in [-0.39, 0.29) is 5.91 Å². The smallest absolute Gasteiger partial charge is 0.268 e. The number of nitrogens with zero attached hydrogens (tertiary/aromatic N) is 1. The largest absolute Gasteiger partial charge is 0.348 e. The van der Waals surface area contributed by atoms with Crippen LogP contribution in [0.2, 0.25) is 0 Å². The quantitative estimate of drug-likeness (QED) is 0.884. The van der Waals surface area contributed by atoms with Crippen LogP contribution >= 0.6 is 0 Å². The number of unbranched alkanes of at least 4 members (excludes halogenated alkanes) is 1. The van der Waals surface area contributed by atoms with Gasteiger partial charge in [-0.1, -0.05) is 31.5 Å². The molecular weight excluding hydrogens is 248 g/mol. The van der Waals surface area contributed by atoms with E-state index in [0.29, 0.717) is 6.04 Å². The van der Waals surface area contributed by atoms with Crippen LogP contribution in [0.25, 0.3) is 10.9 Å². The zero-order chi connectivity index (χ0) is 14.1. The first-order chi connectivity index (χ1) is 9.72. The molecule has 3 nitrogen and oxygen atoms in total. The fourth-order valence-electron chi connectivity index (χ4n) is 2.80. The lowest BCUT2D eigenvalue weighted by atomic mass is 10.1. The number of carbonyl (C=O) groups is 1. The summed E-state index contributed by atoms with van der Waals surface area (Å²) in [7, 11) is 0. The van der Waals surface area contributed by atoms with E-state index in [2.05, 4.69) is 35.9 Å². The molecule has 0 spiro atoms. The Hall–Kier alpha value is -1.77. The third-order valence-corrected chi connectivity index (χ3v) is 4.09. The maximum absolute atomic E-state index is 12.5. The number of rotatable bonds is 5. The Balaban J connectivity index is 2.06. The van der Waals surface area contributed by atoms with Crippen LogP contribution in [0, 0.1) is 6.92 Å². The fraction of sp³-hybridized carbons (Fsp3) is 0.471. The highest BCUT2D eigenvalue weighted by molar-refractivity contribution is 6.01. The van der Waals surface area contributed by atoms with Crippen molar-refractivity contribution in [2.75, 3.05) is 0 Å². The molecule has 0 radical (unpaired) electrons. The van der Waals surface area contributed by atoms with Crippen molar-refractivity contribution in [3.05, 3.63) is 35.5 Å². The van der Waals surface area contributed by atoms with Crippen LogP contribution in [-0.2, 0) is 6.54 Å². The van der Waals surface area contributed by atoms with Gasteiger partial charge < -0.3 is 9.88 Å². The van der Waals surface area contributed by atoms with E-state index in [9.17, 15) is 4.79 Å². The second-order valence-electron chi connectivity index (χ2n) is 5.74. The van der Waals surface area contributed by atoms with E-state index in [4.69, 9.17) is 0 Å². The highest BCUT2D eigenvalue weighted by Crippen LogP contribution is 2.27. The van der Waals surface area contributed by atoms with Crippen molar-refractivity contribution in [2.24, 2.45) is 0 Å². The van der Waals surface area contributed by atoms with Gasteiger partial charge in [-0.05, 0) is 37.8 Å². The number of para-hydroxylation sites is 1. The van der Waals surface area contributed by atoms with Crippen LogP contribution in [0.15, 0.2) is 24.3 Å². The number of hydrogen-bond acceptors (Lipinski definition) is 1. The summed E-state index contributed by atoms with van der Waals surface area (Å²) in [5, 5.41) is 4.33. The summed E-state index contributed by atoms with van der Waals surface area (Å²) in [5.41, 5.74) is 3.14. The van der Waals surface area contributed by atoms with Crippen molar-refractivity contribution in [2.45, 2.75) is 52.1 Å². The number of carbonyl (C=O) groups excluding carboxylic acids is 1. The van der Waals surface area contributed by atoms with E-state index in [1.165, 1.54) is 10.9 Å². The van der Waals surface area contributed by atoms with Crippen molar-refractivity contribution >= 4 is 16.8 Å². The third kappa shape index (κ3) is 2.33. The van der Waals surface area contributed by atoms with Crippen LogP contribution in [0.5, 0.6) is 0 Å². The Bertz CT molecular complexity index is 638. The van der Waals surface area contributed by atoms with Crippen molar-refractivity contribution in [3.63, 3.8) is 0 Å². The molecule has 0 unspecified atom stereocenters. The Morgan fingerprint density at radius 2 is 2.10 bits per heavy atom. The summed E-state index contributed by atoms with van der Waals surface area (Å²) < 4.78 is 2.20. The first kappa shape index (κ1) is 13.2. The van der Waals surface area contributed by atoms with E-state index in [0.717, 1.165) is 43.5 Å². The zero-order valence-electron chi connectivity index (χ0n) is 12.3. The lowest BCUT2D eigenvalue weighted by Crippen LogP contribution is -2.28. The predicted molar refractivity (Wildman–Crippen MR) is 82.1 cm³/mol. The normalized spacial score (nSPS) is 14.7. The van der Waals surface area contributed by atoms with Gasteiger partial charge in [-0.25, -0.2) is 0 Å². The number of hydrogen-bond donors (Lipinski definition) is 1. The van der Waals surface area contributed by atoms with E-state index in [1.54, 1.807) is 0 Å². The summed E-state index contributed by atoms with van der Waals surface area (Å²) in [5.74, 6) is 0.0947. The minimum absolute atomic E-state index is 0.0947. The highest BCUT2D eigenvalue weighted by Gasteiger charge is 2.27. The number of aromatic nitrogens is 1. The third-order valence-electron chi connectivity index (χ3n) is 4.09. The summed E-state index contributed by atoms with van der Waals surface area (Å²) in [6.07, 6.45) is 4.48. The first-order valence-electron chi connectivity index (χ1n) is 7.61. The molecule has 1 heterocycles. The van der Waals surface area contributed by atoms with Crippen LogP contribution in [-0.4, -0.2) is 16.5 Å². The van der Waals surface area contributed by atoms with Crippen LogP contribution in [0.3, 0.4) is 0 Å². The molecule has 20 heavy (non-hydrogen) atoms. The lowest BCUT2D eigenvalue weighted by Gasteiger charge is -2.11. The minimum Gasteiger partial charge on any atom is -0.348 e. The standard InChI is InChI=1S/C17H22N2O/c1-3-4-11-19-15-8-6-5-7-14(15)12(2)16(19)17(20)18-13-9-10-13/h5-8,13H,3-4,9-11H2,1-2H3,(H,18,20). The Kier molecular flexibility index (Phi) is 3.51. The molecule has 2 aromatic rings. The molecular formula is C17H22N2O. The number of aryl methyl sites for hydroxylation is 2. The molecule has 1 aliphatic rings. The zero-order valence-corrected chi connectivity index (χ0v) is 12.3. The molecule has 0 atom stereocenters. The van der Waals surface area contributed by atoms with Gasteiger partial charge in [-0.2, -0.15) is 0 Å². The molecule has 0 bridgehead atoms. The maximum Gasteiger partial charge on any atom is 0.268 e. The van der Waals surface area contributed by atoms with Crippen LogP contribution in [0.1, 0.15) is 48.7 Å². The van der Waals surface area contributed by atoms with Gasteiger partial charge in [0.15, 0.2) is 0 Å². The average Bonchev–Trinajstić information content (AvgIpc) is 3.21. The predicted octanol–water partition coefficient (Wildman–Crippen LogP) is 3.64. The van der Waals surface area contributed by atoms with Gasteiger partial charge in [0.1, 0.15) is 5.69 Å². The van der Waals surface area contributed by atoms with Gasteiger partial charge in [0.2, 0.25) is 0 Å². The number of benzene rings is 1. The first-order valence-corrected chi connectivity index (χ1v) is 7.61. The summed E-state index contributed by atoms with van der Waals surface area (Å²) >= 11 is 0. The van der Waals surface area contributed by atoms with Crippen molar-refractivity contribution < 1.29 is 4.79 Å². The average molecular weight is 270 g/mol. The van der Waals surface area contributed by atoms with Crippen LogP contribution in [0.4, 0.5) is 0 Å². The molecule has 1 aliphatic carbocycles. The number of nitrogens with one attached hydrogen (secondary N) is 1. The molecule has 1 N–H and O–H groups in total. The van der Waals surface area contributed by atoms with Crippen molar-refractivity contribution in [1.29, 1.82) is 0 Å². The summed E-state index contributed by atoms with van der Waals surface area (Å²) in [6, 6.07) is 8.72. The molecule has 3 heteroatoms. The summed E-state index contributed by atoms with van der Waals surface area (Å²) in [4.78, 5) is 12.5. The monoisotopic (exact) mass is 270 g/mol. The molecule has 1 saturated carbocycles. The topological polar surface area (TPSA) is 34.0 Å². The Labute approximate surface area is 120 Å². The van der Waals surface area contributed by atoms with Gasteiger partial charge in [0.05, 0.1) is 0 Å². The molecule has 1 fully saturated rings. The van der Waals surface area contributed by atoms with Gasteiger partial charge >= 0.3 is 0 Å². The lowest BCUT2D eigenvalue weighted by molar-refractivity contribution is 0.0941. The van der Waals surface area contributed by atoms with E-state index >= 15 is 0 Å². The van der Waals surface area contributed by atoms with Crippen molar-refractivity contribution in [3.8, 4) is 0 Å². The Morgan fingerprint density at radius 3 is 2.80 bits per heavy atom. The van der Waals surface area contributed by atoms with Gasteiger partial charge in [0, 0.05) is 23.5 Å². The molecule has 3 rings (SSSR count). The molecule has 1 aromatic carbocycles. The fourth-order valence-corrected chi connectivity index (χ4v) is 2.80. The number of fused-ring (bicyclic) bond motifs is 1. The van der Waals surface area contributed by atoms with Crippen LogP contribution < -0.4 is 5.32 Å². The molecule has 106 valence electrons. The second kappa shape index (κ2) is 5.31. The van der Waals surface area contributed by atoms with E-state index < -0.39 is 0 Å². The Morgan fingerprint density at radius 1 is 1.35 bits per heavy atom. The maximum atomic E-state index is 12.5. The van der Waals surface area contributed by atoms with Gasteiger partial charge in [-0.3, -0.25) is 4.79 Å². The number of amides is 1. The van der Waals surface area contributed by atoms with Crippen molar-refractivity contribution in [1.82, 2.24) is 9.88 Å². The van der Waals surface area contributed by atoms with Gasteiger partial charge in [-0.15, -0.1) is 0 Å².